The molecule has 2 aromatic rings. The Morgan fingerprint density at radius 2 is 2.44 bits per heavy atom. The van der Waals surface area contributed by atoms with E-state index in [2.05, 4.69) is 19.8 Å². The highest BCUT2D eigenvalue weighted by Crippen LogP contribution is 2.08. The second-order valence-corrected chi connectivity index (χ2v) is 3.14. The Bertz CT molecular complexity index is 588. The molecule has 0 saturated heterocycles. The van der Waals surface area contributed by atoms with Gasteiger partial charge < -0.3 is 4.52 Å². The van der Waals surface area contributed by atoms with Crippen molar-refractivity contribution in [2.24, 2.45) is 5.84 Å². The Morgan fingerprint density at radius 1 is 1.67 bits per heavy atom. The predicted octanol–water partition coefficient (Wildman–Crippen LogP) is -1.17. The maximum atomic E-state index is 11.0. The Labute approximate surface area is 98.7 Å². The molecule has 1 amide bonds. The van der Waals surface area contributed by atoms with E-state index in [0.717, 1.165) is 6.20 Å². The van der Waals surface area contributed by atoms with Crippen molar-refractivity contribution in [2.75, 3.05) is 0 Å². The lowest BCUT2D eigenvalue weighted by Gasteiger charge is -1.92. The van der Waals surface area contributed by atoms with Gasteiger partial charge in [0.05, 0.1) is 4.92 Å². The second-order valence-electron chi connectivity index (χ2n) is 3.14. The standard InChI is InChI=1S/C7H7N7O4/c8-11-6(15)7-10-5(12-18-7)3-13-2-4(1-9-13)14(16)17/h1-2H,3,8H2,(H,11,15). The van der Waals surface area contributed by atoms with Crippen LogP contribution in [-0.4, -0.2) is 30.8 Å². The van der Waals surface area contributed by atoms with Gasteiger partial charge in [0.15, 0.2) is 5.82 Å². The van der Waals surface area contributed by atoms with Gasteiger partial charge in [0.2, 0.25) is 0 Å². The minimum absolute atomic E-state index is 0.0369. The number of nitrogen functional groups attached to an aromatic ring is 1. The van der Waals surface area contributed by atoms with Crippen LogP contribution in [0.2, 0.25) is 0 Å². The van der Waals surface area contributed by atoms with E-state index in [9.17, 15) is 14.9 Å². The molecule has 11 heteroatoms. The fourth-order valence-corrected chi connectivity index (χ4v) is 1.15. The van der Waals surface area contributed by atoms with Crippen LogP contribution in [0, 0.1) is 10.1 Å². The van der Waals surface area contributed by atoms with Gasteiger partial charge in [-0.2, -0.15) is 10.1 Å². The largest absolute Gasteiger partial charge is 0.328 e. The van der Waals surface area contributed by atoms with Gasteiger partial charge in [-0.05, 0) is 0 Å². The van der Waals surface area contributed by atoms with Crippen LogP contribution >= 0.6 is 0 Å². The van der Waals surface area contributed by atoms with Gasteiger partial charge >= 0.3 is 17.5 Å². The number of amides is 1. The topological polar surface area (TPSA) is 155 Å². The van der Waals surface area contributed by atoms with Crippen molar-refractivity contribution in [1.82, 2.24) is 25.3 Å². The zero-order valence-electron chi connectivity index (χ0n) is 8.81. The Morgan fingerprint density at radius 3 is 3.06 bits per heavy atom. The van der Waals surface area contributed by atoms with Crippen LogP contribution < -0.4 is 11.3 Å². The molecule has 0 unspecified atom stereocenters. The molecule has 0 aliphatic carbocycles. The summed E-state index contributed by atoms with van der Waals surface area (Å²) in [6.07, 6.45) is 2.30. The Balaban J connectivity index is 2.11. The van der Waals surface area contributed by atoms with Crippen molar-refractivity contribution in [3.05, 3.63) is 34.2 Å². The monoisotopic (exact) mass is 253 g/mol. The van der Waals surface area contributed by atoms with Gasteiger partial charge in [-0.3, -0.25) is 25.0 Å². The fraction of sp³-hybridized carbons (Fsp3) is 0.143. The number of nitrogens with one attached hydrogen (secondary N) is 1. The molecule has 2 heterocycles. The molecule has 0 spiro atoms. The minimum atomic E-state index is -0.722. The van der Waals surface area contributed by atoms with Crippen LogP contribution in [0.1, 0.15) is 16.5 Å². The molecule has 0 aliphatic rings. The number of hydrogen-bond acceptors (Lipinski definition) is 8. The molecule has 11 nitrogen and oxygen atoms in total. The first-order valence-electron chi connectivity index (χ1n) is 4.60. The lowest BCUT2D eigenvalue weighted by Crippen LogP contribution is -2.30. The van der Waals surface area contributed by atoms with Gasteiger partial charge in [-0.1, -0.05) is 5.16 Å². The zero-order chi connectivity index (χ0) is 13.1. The highest BCUT2D eigenvalue weighted by atomic mass is 16.6. The van der Waals surface area contributed by atoms with Crippen LogP contribution in [-0.2, 0) is 6.54 Å². The van der Waals surface area contributed by atoms with Crippen molar-refractivity contribution in [2.45, 2.75) is 6.54 Å². The molecule has 0 radical (unpaired) electrons. The SMILES string of the molecule is NNC(=O)c1nc(Cn2cc([N+](=O)[O-])cn2)no1. The number of rotatable bonds is 4. The van der Waals surface area contributed by atoms with E-state index >= 15 is 0 Å². The smallest absolute Gasteiger partial charge is 0.323 e. The number of hydrazine groups is 1. The number of nitro groups is 1. The van der Waals surface area contributed by atoms with E-state index in [1.165, 1.54) is 10.9 Å². The van der Waals surface area contributed by atoms with Gasteiger partial charge in [0.1, 0.15) is 18.9 Å². The Kier molecular flexibility index (Phi) is 2.97. The third-order valence-corrected chi connectivity index (χ3v) is 1.93. The molecule has 2 aromatic heterocycles. The Hall–Kier alpha value is -2.82. The highest BCUT2D eigenvalue weighted by Gasteiger charge is 2.15. The average Bonchev–Trinajstić information content (AvgIpc) is 2.98. The first-order chi connectivity index (χ1) is 8.60. The number of aromatic nitrogens is 4. The lowest BCUT2D eigenvalue weighted by atomic mass is 10.5. The van der Waals surface area contributed by atoms with Crippen molar-refractivity contribution in [1.29, 1.82) is 0 Å². The summed E-state index contributed by atoms with van der Waals surface area (Å²) in [5.41, 5.74) is 1.68. The van der Waals surface area contributed by atoms with Crippen molar-refractivity contribution in [3.8, 4) is 0 Å². The average molecular weight is 253 g/mol. The zero-order valence-corrected chi connectivity index (χ0v) is 8.81. The summed E-state index contributed by atoms with van der Waals surface area (Å²) in [6.45, 7) is 0.0369. The van der Waals surface area contributed by atoms with Gasteiger partial charge in [0, 0.05) is 0 Å². The number of carbonyl (C=O) groups is 1. The molecule has 0 bridgehead atoms. The summed E-state index contributed by atoms with van der Waals surface area (Å²) in [5.74, 6) is 4.01. The summed E-state index contributed by atoms with van der Waals surface area (Å²) in [6, 6.07) is 0. The first kappa shape index (κ1) is 11.7. The molecule has 3 N–H and O–H groups in total. The molecule has 0 saturated carbocycles. The molecular weight excluding hydrogens is 246 g/mol. The molecule has 0 atom stereocenters. The van der Waals surface area contributed by atoms with Gasteiger partial charge in [-0.25, -0.2) is 5.84 Å². The van der Waals surface area contributed by atoms with Crippen LogP contribution in [0.4, 0.5) is 5.69 Å². The second kappa shape index (κ2) is 4.58. The molecular formula is C7H7N7O4. The van der Waals surface area contributed by atoms with Crippen molar-refractivity contribution >= 4 is 11.6 Å². The third-order valence-electron chi connectivity index (χ3n) is 1.93. The van der Waals surface area contributed by atoms with Crippen LogP contribution in [0.3, 0.4) is 0 Å². The van der Waals surface area contributed by atoms with E-state index in [4.69, 9.17) is 5.84 Å². The van der Waals surface area contributed by atoms with Crippen LogP contribution in [0.5, 0.6) is 0 Å². The molecule has 0 aliphatic heterocycles. The summed E-state index contributed by atoms with van der Waals surface area (Å²) in [5, 5.41) is 17.7. The van der Waals surface area contributed by atoms with E-state index < -0.39 is 10.8 Å². The summed E-state index contributed by atoms with van der Waals surface area (Å²) in [4.78, 5) is 24.6. The number of nitrogens with zero attached hydrogens (tertiary/aromatic N) is 5. The van der Waals surface area contributed by atoms with Crippen LogP contribution in [0.15, 0.2) is 16.9 Å². The molecule has 0 fully saturated rings. The van der Waals surface area contributed by atoms with Crippen molar-refractivity contribution in [3.63, 3.8) is 0 Å². The molecule has 18 heavy (non-hydrogen) atoms. The first-order valence-corrected chi connectivity index (χ1v) is 4.60. The highest BCUT2D eigenvalue weighted by molar-refractivity contribution is 5.88. The fourth-order valence-electron chi connectivity index (χ4n) is 1.15. The summed E-state index contributed by atoms with van der Waals surface area (Å²) < 4.78 is 5.86. The predicted molar refractivity (Wildman–Crippen MR) is 53.9 cm³/mol. The molecule has 94 valence electrons. The van der Waals surface area contributed by atoms with Gasteiger partial charge in [-0.15, -0.1) is 0 Å². The van der Waals surface area contributed by atoms with E-state index in [1.807, 2.05) is 5.43 Å². The quantitative estimate of drug-likeness (QED) is 0.298. The van der Waals surface area contributed by atoms with E-state index in [-0.39, 0.29) is 23.9 Å². The third kappa shape index (κ3) is 2.30. The van der Waals surface area contributed by atoms with E-state index in [0.29, 0.717) is 0 Å². The maximum absolute atomic E-state index is 11.0. The minimum Gasteiger partial charge on any atom is -0.328 e. The lowest BCUT2D eigenvalue weighted by molar-refractivity contribution is -0.385. The number of carbonyl (C=O) groups excluding carboxylic acids is 1. The number of nitrogens with two attached hydrogens (primary N) is 1. The number of hydrogen-bond donors (Lipinski definition) is 2. The summed E-state index contributed by atoms with van der Waals surface area (Å²) >= 11 is 0. The maximum Gasteiger partial charge on any atom is 0.323 e. The van der Waals surface area contributed by atoms with E-state index in [1.54, 1.807) is 0 Å². The molecule has 2 rings (SSSR count). The normalized spacial score (nSPS) is 10.3. The van der Waals surface area contributed by atoms with Crippen LogP contribution in [0.25, 0.3) is 0 Å². The molecule has 0 aromatic carbocycles. The van der Waals surface area contributed by atoms with Crippen molar-refractivity contribution < 1.29 is 14.2 Å². The summed E-state index contributed by atoms with van der Waals surface area (Å²) in [7, 11) is 0. The van der Waals surface area contributed by atoms with Gasteiger partial charge in [0.25, 0.3) is 0 Å².